The third kappa shape index (κ3) is 3.98. The van der Waals surface area contributed by atoms with Gasteiger partial charge in [-0.15, -0.1) is 23.7 Å². The summed E-state index contributed by atoms with van der Waals surface area (Å²) >= 11 is 0.957. The van der Waals surface area contributed by atoms with Crippen LogP contribution in [-0.2, 0) is 24.1 Å². The van der Waals surface area contributed by atoms with E-state index in [1.165, 1.54) is 0 Å². The summed E-state index contributed by atoms with van der Waals surface area (Å²) in [6.45, 7) is 5.48. The average Bonchev–Trinajstić information content (AvgIpc) is 3.01. The molecule has 0 radical (unpaired) electrons. The first-order valence-corrected chi connectivity index (χ1v) is 9.17. The van der Waals surface area contributed by atoms with Crippen molar-refractivity contribution in [2.45, 2.75) is 40.0 Å². The molecule has 1 N–H and O–H groups in total. The first-order valence-electron chi connectivity index (χ1n) is 8.35. The van der Waals surface area contributed by atoms with Crippen LogP contribution in [0.15, 0.2) is 6.07 Å². The largest absolute Gasteiger partial charge is 0.481 e. The molecule has 0 bridgehead atoms. The molecule has 0 aliphatic carbocycles. The van der Waals surface area contributed by atoms with Crippen LogP contribution < -0.4 is 0 Å². The summed E-state index contributed by atoms with van der Waals surface area (Å²) in [5, 5.41) is 9.60. The number of aryl methyl sites for hydroxylation is 2. The van der Waals surface area contributed by atoms with Crippen molar-refractivity contribution in [1.82, 2.24) is 9.97 Å². The second kappa shape index (κ2) is 8.45. The normalized spacial score (nSPS) is 10.9. The molecule has 0 fully saturated rings. The van der Waals surface area contributed by atoms with Crippen molar-refractivity contribution in [3.63, 3.8) is 0 Å². The van der Waals surface area contributed by atoms with Gasteiger partial charge in [0.05, 0.1) is 16.1 Å². The number of hydrogen-bond acceptors (Lipinski definition) is 4. The van der Waals surface area contributed by atoms with E-state index in [1.54, 1.807) is 13.8 Å². The van der Waals surface area contributed by atoms with E-state index in [-0.39, 0.29) is 35.5 Å². The predicted octanol–water partition coefficient (Wildman–Crippen LogP) is 4.93. The Hall–Kier alpha value is -2.19. The molecule has 0 saturated carbocycles. The van der Waals surface area contributed by atoms with Gasteiger partial charge in [-0.05, 0) is 37.0 Å². The van der Waals surface area contributed by atoms with E-state index < -0.39 is 23.4 Å². The molecule has 28 heavy (non-hydrogen) atoms. The average molecular weight is 431 g/mol. The first kappa shape index (κ1) is 22.1. The van der Waals surface area contributed by atoms with Crippen molar-refractivity contribution in [3.05, 3.63) is 56.6 Å². The summed E-state index contributed by atoms with van der Waals surface area (Å²) < 4.78 is 41.3. The van der Waals surface area contributed by atoms with Gasteiger partial charge in [0.15, 0.2) is 11.6 Å². The Bertz CT molecular complexity index is 1070. The number of hydrogen-bond donors (Lipinski definition) is 1. The van der Waals surface area contributed by atoms with E-state index in [0.29, 0.717) is 34.4 Å². The number of carbonyl (C=O) groups is 1. The number of aromatic nitrogens is 2. The van der Waals surface area contributed by atoms with Crippen LogP contribution in [0.1, 0.15) is 40.0 Å². The number of aliphatic carboxylic acids is 1. The fourth-order valence-electron chi connectivity index (χ4n) is 3.31. The van der Waals surface area contributed by atoms with Crippen molar-refractivity contribution in [3.8, 4) is 0 Å². The zero-order valence-corrected chi connectivity index (χ0v) is 17.0. The summed E-state index contributed by atoms with van der Waals surface area (Å²) in [7, 11) is 0. The maximum Gasteiger partial charge on any atom is 0.307 e. The minimum Gasteiger partial charge on any atom is -0.481 e. The van der Waals surface area contributed by atoms with Crippen LogP contribution >= 0.6 is 23.7 Å². The Kier molecular flexibility index (Phi) is 6.67. The van der Waals surface area contributed by atoms with Crippen LogP contribution in [0.4, 0.5) is 13.2 Å². The molecule has 0 aliphatic rings. The van der Waals surface area contributed by atoms with Crippen molar-refractivity contribution in [1.29, 1.82) is 0 Å². The SMILES string of the molecule is CCc1c(CC(=O)O)c(C)nc(C)c1Cc1nc2c(F)c(F)cc(F)c2s1.Cl. The zero-order valence-electron chi connectivity index (χ0n) is 15.4. The number of carboxylic acid groups (broad SMARTS) is 1. The van der Waals surface area contributed by atoms with Crippen LogP contribution in [0.3, 0.4) is 0 Å². The lowest BCUT2D eigenvalue weighted by molar-refractivity contribution is -0.136. The molecule has 0 spiro atoms. The van der Waals surface area contributed by atoms with Gasteiger partial charge < -0.3 is 5.11 Å². The quantitative estimate of drug-likeness (QED) is 0.583. The Labute approximate surface area is 169 Å². The van der Waals surface area contributed by atoms with Gasteiger partial charge in [0.25, 0.3) is 0 Å². The second-order valence-corrected chi connectivity index (χ2v) is 7.34. The summed E-state index contributed by atoms with van der Waals surface area (Å²) in [4.78, 5) is 19.7. The number of carboxylic acids is 1. The third-order valence-corrected chi connectivity index (χ3v) is 5.57. The Morgan fingerprint density at radius 3 is 2.32 bits per heavy atom. The number of halogens is 4. The first-order chi connectivity index (χ1) is 12.7. The topological polar surface area (TPSA) is 63.1 Å². The molecule has 2 aromatic heterocycles. The lowest BCUT2D eigenvalue weighted by Crippen LogP contribution is -2.12. The minimum absolute atomic E-state index is 0. The van der Waals surface area contributed by atoms with Gasteiger partial charge in [-0.25, -0.2) is 18.2 Å². The van der Waals surface area contributed by atoms with Gasteiger partial charge in [0.1, 0.15) is 11.3 Å². The molecule has 0 aliphatic heterocycles. The van der Waals surface area contributed by atoms with E-state index >= 15 is 0 Å². The van der Waals surface area contributed by atoms with Gasteiger partial charge >= 0.3 is 5.97 Å². The lowest BCUT2D eigenvalue weighted by atomic mass is 9.93. The Morgan fingerprint density at radius 1 is 1.07 bits per heavy atom. The molecular formula is C19H18ClF3N2O2S. The lowest BCUT2D eigenvalue weighted by Gasteiger charge is -2.16. The van der Waals surface area contributed by atoms with Gasteiger partial charge in [-0.2, -0.15) is 0 Å². The fraction of sp³-hybridized carbons (Fsp3) is 0.316. The van der Waals surface area contributed by atoms with Crippen molar-refractivity contribution in [2.75, 3.05) is 0 Å². The zero-order chi connectivity index (χ0) is 19.9. The van der Waals surface area contributed by atoms with Gasteiger partial charge in [-0.1, -0.05) is 6.92 Å². The van der Waals surface area contributed by atoms with Crippen LogP contribution in [0.5, 0.6) is 0 Å². The molecule has 1 aromatic carbocycles. The maximum atomic E-state index is 14.0. The molecule has 0 saturated heterocycles. The highest BCUT2D eigenvalue weighted by Gasteiger charge is 2.21. The molecule has 0 amide bonds. The predicted molar refractivity (Wildman–Crippen MR) is 104 cm³/mol. The smallest absolute Gasteiger partial charge is 0.307 e. The number of nitrogens with zero attached hydrogens (tertiary/aromatic N) is 2. The number of thiazole rings is 1. The van der Waals surface area contributed by atoms with Crippen LogP contribution in [0, 0.1) is 31.3 Å². The summed E-state index contributed by atoms with van der Waals surface area (Å²) in [5.74, 6) is -4.25. The second-order valence-electron chi connectivity index (χ2n) is 6.26. The summed E-state index contributed by atoms with van der Waals surface area (Å²) in [5.41, 5.74) is 3.33. The van der Waals surface area contributed by atoms with Crippen molar-refractivity contribution < 1.29 is 23.1 Å². The molecular weight excluding hydrogens is 413 g/mol. The van der Waals surface area contributed by atoms with Gasteiger partial charge in [0, 0.05) is 23.9 Å². The van der Waals surface area contributed by atoms with E-state index in [1.807, 2.05) is 6.92 Å². The van der Waals surface area contributed by atoms with Gasteiger partial charge in [-0.3, -0.25) is 9.78 Å². The maximum absolute atomic E-state index is 14.0. The molecule has 3 rings (SSSR count). The molecule has 150 valence electrons. The highest BCUT2D eigenvalue weighted by atomic mass is 35.5. The van der Waals surface area contributed by atoms with E-state index in [4.69, 9.17) is 0 Å². The van der Waals surface area contributed by atoms with Gasteiger partial charge in [0.2, 0.25) is 0 Å². The molecule has 0 atom stereocenters. The number of benzene rings is 1. The van der Waals surface area contributed by atoms with E-state index in [0.717, 1.165) is 22.5 Å². The Morgan fingerprint density at radius 2 is 1.71 bits per heavy atom. The summed E-state index contributed by atoms with van der Waals surface area (Å²) in [6, 6.07) is 0.515. The highest BCUT2D eigenvalue weighted by molar-refractivity contribution is 7.18. The molecule has 4 nitrogen and oxygen atoms in total. The van der Waals surface area contributed by atoms with Crippen LogP contribution in [0.25, 0.3) is 10.2 Å². The Balaban J connectivity index is 0.00000280. The highest BCUT2D eigenvalue weighted by Crippen LogP contribution is 2.32. The van der Waals surface area contributed by atoms with E-state index in [9.17, 15) is 23.1 Å². The monoisotopic (exact) mass is 430 g/mol. The molecule has 9 heteroatoms. The minimum atomic E-state index is -1.27. The van der Waals surface area contributed by atoms with Crippen LogP contribution in [0.2, 0.25) is 0 Å². The molecule has 0 unspecified atom stereocenters. The van der Waals surface area contributed by atoms with Crippen molar-refractivity contribution >= 4 is 39.9 Å². The van der Waals surface area contributed by atoms with Crippen molar-refractivity contribution in [2.24, 2.45) is 0 Å². The number of rotatable bonds is 5. The fourth-order valence-corrected chi connectivity index (χ4v) is 4.29. The standard InChI is InChI=1S/C19H17F3N2O2S.ClH/c1-4-10-11(8(2)23-9(3)12(10)6-16(25)26)5-15-24-18-17(22)13(20)7-14(21)19(18)27-15;/h7H,4-6H2,1-3H3,(H,25,26);1H. The van der Waals surface area contributed by atoms with E-state index in [2.05, 4.69) is 9.97 Å². The number of fused-ring (bicyclic) bond motifs is 1. The van der Waals surface area contributed by atoms with Crippen LogP contribution in [-0.4, -0.2) is 21.0 Å². The summed E-state index contributed by atoms with van der Waals surface area (Å²) in [6.07, 6.45) is 0.683. The number of pyridine rings is 1. The molecule has 3 aromatic rings. The third-order valence-electron chi connectivity index (χ3n) is 4.51. The molecule has 2 heterocycles.